The second-order valence-corrected chi connectivity index (χ2v) is 4.65. The summed E-state index contributed by atoms with van der Waals surface area (Å²) in [5.41, 5.74) is 9.43. The van der Waals surface area contributed by atoms with Gasteiger partial charge in [-0.1, -0.05) is 0 Å². The fraction of sp³-hybridized carbons (Fsp3) is 0.462. The van der Waals surface area contributed by atoms with E-state index in [-0.39, 0.29) is 6.03 Å². The lowest BCUT2D eigenvalue weighted by Crippen LogP contribution is -2.32. The van der Waals surface area contributed by atoms with Crippen molar-refractivity contribution in [2.24, 2.45) is 0 Å². The second-order valence-electron chi connectivity index (χ2n) is 4.65. The van der Waals surface area contributed by atoms with Crippen molar-refractivity contribution in [1.82, 2.24) is 4.90 Å². The van der Waals surface area contributed by atoms with Crippen molar-refractivity contribution in [3.63, 3.8) is 0 Å². The first kappa shape index (κ1) is 11.8. The Morgan fingerprint density at radius 2 is 1.88 bits per heavy atom. The van der Waals surface area contributed by atoms with Crippen LogP contribution in [0.25, 0.3) is 0 Å². The molecule has 17 heavy (non-hydrogen) atoms. The summed E-state index contributed by atoms with van der Waals surface area (Å²) in [4.78, 5) is 13.8. The highest BCUT2D eigenvalue weighted by Crippen LogP contribution is 2.22. The summed E-state index contributed by atoms with van der Waals surface area (Å²) < 4.78 is 0. The average molecular weight is 233 g/mol. The lowest BCUT2D eigenvalue weighted by Gasteiger charge is -2.18. The van der Waals surface area contributed by atoms with E-state index in [1.807, 2.05) is 30.9 Å². The Hall–Kier alpha value is -1.71. The molecule has 1 heterocycles. The van der Waals surface area contributed by atoms with Gasteiger partial charge in [0.2, 0.25) is 0 Å². The minimum atomic E-state index is -0.00484. The molecule has 1 fully saturated rings. The molecule has 1 saturated heterocycles. The molecular weight excluding hydrogens is 214 g/mol. The van der Waals surface area contributed by atoms with Crippen LogP contribution in [0.15, 0.2) is 12.1 Å². The van der Waals surface area contributed by atoms with Gasteiger partial charge < -0.3 is 16.0 Å². The van der Waals surface area contributed by atoms with Crippen molar-refractivity contribution in [3.05, 3.63) is 23.3 Å². The number of anilines is 2. The molecule has 0 aliphatic carbocycles. The summed E-state index contributed by atoms with van der Waals surface area (Å²) in [7, 11) is 0. The molecule has 1 aromatic rings. The third-order valence-electron chi connectivity index (χ3n) is 3.25. The Bertz CT molecular complexity index is 437. The van der Waals surface area contributed by atoms with Crippen LogP contribution in [0.4, 0.5) is 16.2 Å². The summed E-state index contributed by atoms with van der Waals surface area (Å²) in [6.45, 7) is 5.62. The van der Waals surface area contributed by atoms with Crippen LogP contribution >= 0.6 is 0 Å². The number of nitrogens with one attached hydrogen (secondary N) is 1. The van der Waals surface area contributed by atoms with Gasteiger partial charge in [-0.05, 0) is 49.9 Å². The normalized spacial score (nSPS) is 15.1. The number of aryl methyl sites for hydroxylation is 2. The smallest absolute Gasteiger partial charge is 0.321 e. The Kier molecular flexibility index (Phi) is 3.22. The van der Waals surface area contributed by atoms with E-state index in [0.717, 1.165) is 48.4 Å². The van der Waals surface area contributed by atoms with Gasteiger partial charge in [-0.15, -0.1) is 0 Å². The van der Waals surface area contributed by atoms with E-state index in [2.05, 4.69) is 5.32 Å². The van der Waals surface area contributed by atoms with Crippen molar-refractivity contribution in [1.29, 1.82) is 0 Å². The van der Waals surface area contributed by atoms with Crippen LogP contribution in [0, 0.1) is 13.8 Å². The number of likely N-dealkylation sites (tertiary alicyclic amines) is 1. The number of nitrogens with zero attached hydrogens (tertiary/aromatic N) is 1. The summed E-state index contributed by atoms with van der Waals surface area (Å²) in [5, 5.41) is 2.95. The Balaban J connectivity index is 2.12. The SMILES string of the molecule is Cc1cc(NC(=O)N2CCCC2)c(C)cc1N. The van der Waals surface area contributed by atoms with Gasteiger partial charge in [0.25, 0.3) is 0 Å². The lowest BCUT2D eigenvalue weighted by molar-refractivity contribution is 0.222. The highest BCUT2D eigenvalue weighted by Gasteiger charge is 2.18. The summed E-state index contributed by atoms with van der Waals surface area (Å²) in [5.74, 6) is 0. The molecule has 2 amide bonds. The average Bonchev–Trinajstić information content (AvgIpc) is 2.79. The fourth-order valence-electron chi connectivity index (χ4n) is 2.09. The largest absolute Gasteiger partial charge is 0.399 e. The van der Waals surface area contributed by atoms with Gasteiger partial charge in [0, 0.05) is 24.5 Å². The van der Waals surface area contributed by atoms with Crippen LogP contribution in [0.1, 0.15) is 24.0 Å². The van der Waals surface area contributed by atoms with Crippen LogP contribution in [0.3, 0.4) is 0 Å². The zero-order valence-corrected chi connectivity index (χ0v) is 10.4. The van der Waals surface area contributed by atoms with Gasteiger partial charge in [-0.3, -0.25) is 0 Å². The maximum Gasteiger partial charge on any atom is 0.321 e. The maximum absolute atomic E-state index is 11.9. The van der Waals surface area contributed by atoms with Gasteiger partial charge in [-0.25, -0.2) is 4.79 Å². The number of amides is 2. The molecule has 3 N–H and O–H groups in total. The topological polar surface area (TPSA) is 58.4 Å². The highest BCUT2D eigenvalue weighted by atomic mass is 16.2. The van der Waals surface area contributed by atoms with E-state index in [4.69, 9.17) is 5.73 Å². The Morgan fingerprint density at radius 3 is 2.53 bits per heavy atom. The number of benzene rings is 1. The molecule has 0 saturated carbocycles. The third-order valence-corrected chi connectivity index (χ3v) is 3.25. The predicted octanol–water partition coefficient (Wildman–Crippen LogP) is 2.51. The molecule has 4 heteroatoms. The molecule has 0 aromatic heterocycles. The summed E-state index contributed by atoms with van der Waals surface area (Å²) in [6.07, 6.45) is 2.21. The molecular formula is C13H19N3O. The molecule has 0 atom stereocenters. The number of carbonyl (C=O) groups excluding carboxylic acids is 1. The molecule has 1 aliphatic heterocycles. The maximum atomic E-state index is 11.9. The number of hydrogen-bond acceptors (Lipinski definition) is 2. The zero-order valence-electron chi connectivity index (χ0n) is 10.4. The lowest BCUT2D eigenvalue weighted by atomic mass is 10.1. The molecule has 0 unspecified atom stereocenters. The van der Waals surface area contributed by atoms with Crippen LogP contribution < -0.4 is 11.1 Å². The number of urea groups is 1. The van der Waals surface area contributed by atoms with E-state index in [1.165, 1.54) is 0 Å². The van der Waals surface area contributed by atoms with E-state index in [0.29, 0.717) is 0 Å². The van der Waals surface area contributed by atoms with Crippen LogP contribution in [0.2, 0.25) is 0 Å². The third kappa shape index (κ3) is 2.52. The van der Waals surface area contributed by atoms with E-state index in [1.54, 1.807) is 0 Å². The van der Waals surface area contributed by atoms with Crippen LogP contribution in [-0.2, 0) is 0 Å². The minimum Gasteiger partial charge on any atom is -0.399 e. The number of nitrogen functional groups attached to an aromatic ring is 1. The molecule has 1 aliphatic rings. The standard InChI is InChI=1S/C13H19N3O/c1-9-8-12(10(2)7-11(9)14)15-13(17)16-5-3-4-6-16/h7-8H,3-6,14H2,1-2H3,(H,15,17). The monoisotopic (exact) mass is 233 g/mol. The number of carbonyl (C=O) groups is 1. The molecule has 0 bridgehead atoms. The first-order valence-electron chi connectivity index (χ1n) is 6.00. The van der Waals surface area contributed by atoms with Gasteiger partial charge >= 0.3 is 6.03 Å². The molecule has 2 rings (SSSR count). The fourth-order valence-corrected chi connectivity index (χ4v) is 2.09. The summed E-state index contributed by atoms with van der Waals surface area (Å²) >= 11 is 0. The number of nitrogens with two attached hydrogens (primary N) is 1. The Labute approximate surface area is 102 Å². The van der Waals surface area contributed by atoms with Gasteiger partial charge in [0.15, 0.2) is 0 Å². The predicted molar refractivity (Wildman–Crippen MR) is 70.2 cm³/mol. The van der Waals surface area contributed by atoms with Crippen LogP contribution in [-0.4, -0.2) is 24.0 Å². The second kappa shape index (κ2) is 4.65. The molecule has 0 spiro atoms. The molecule has 0 radical (unpaired) electrons. The Morgan fingerprint density at radius 1 is 1.24 bits per heavy atom. The zero-order chi connectivity index (χ0) is 12.4. The first-order valence-corrected chi connectivity index (χ1v) is 6.00. The molecule has 4 nitrogen and oxygen atoms in total. The molecule has 1 aromatic carbocycles. The highest BCUT2D eigenvalue weighted by molar-refractivity contribution is 5.90. The van der Waals surface area contributed by atoms with E-state index >= 15 is 0 Å². The first-order chi connectivity index (χ1) is 8.08. The van der Waals surface area contributed by atoms with Gasteiger partial charge in [0.05, 0.1) is 0 Å². The number of hydrogen-bond donors (Lipinski definition) is 2. The van der Waals surface area contributed by atoms with Gasteiger partial charge in [0.1, 0.15) is 0 Å². The van der Waals surface area contributed by atoms with E-state index in [9.17, 15) is 4.79 Å². The summed E-state index contributed by atoms with van der Waals surface area (Å²) in [6, 6.07) is 3.82. The molecule has 92 valence electrons. The number of rotatable bonds is 1. The minimum absolute atomic E-state index is 0.00484. The van der Waals surface area contributed by atoms with Crippen molar-refractivity contribution in [2.45, 2.75) is 26.7 Å². The van der Waals surface area contributed by atoms with Crippen molar-refractivity contribution in [3.8, 4) is 0 Å². The van der Waals surface area contributed by atoms with Crippen molar-refractivity contribution < 1.29 is 4.79 Å². The van der Waals surface area contributed by atoms with E-state index < -0.39 is 0 Å². The van der Waals surface area contributed by atoms with Gasteiger partial charge in [-0.2, -0.15) is 0 Å². The quantitative estimate of drug-likeness (QED) is 0.732. The van der Waals surface area contributed by atoms with Crippen molar-refractivity contribution >= 4 is 17.4 Å². The van der Waals surface area contributed by atoms with Crippen LogP contribution in [0.5, 0.6) is 0 Å². The van der Waals surface area contributed by atoms with Crippen molar-refractivity contribution in [2.75, 3.05) is 24.1 Å².